The average Bonchev–Trinajstić information content (AvgIpc) is 2.86. The van der Waals surface area contributed by atoms with E-state index in [1.807, 2.05) is 12.1 Å². The van der Waals surface area contributed by atoms with Gasteiger partial charge >= 0.3 is 0 Å². The van der Waals surface area contributed by atoms with Crippen molar-refractivity contribution >= 4 is 16.5 Å². The quantitative estimate of drug-likeness (QED) is 0.770. The topological polar surface area (TPSA) is 25.2 Å². The molecule has 76 valence electrons. The molecule has 2 aromatic rings. The zero-order valence-corrected chi connectivity index (χ0v) is 8.09. The van der Waals surface area contributed by atoms with Crippen LogP contribution in [0, 0.1) is 5.82 Å². The van der Waals surface area contributed by atoms with Gasteiger partial charge in [-0.25, -0.2) is 4.39 Å². The average molecular weight is 203 g/mol. The van der Waals surface area contributed by atoms with Crippen LogP contribution < -0.4 is 5.32 Å². The minimum atomic E-state index is -0.301. The minimum absolute atomic E-state index is 0.301. The Balaban J connectivity index is 2.18. The number of hydrogen-bond donors (Lipinski definition) is 1. The van der Waals surface area contributed by atoms with E-state index in [2.05, 4.69) is 11.4 Å². The first-order valence-electron chi connectivity index (χ1n) is 4.93. The van der Waals surface area contributed by atoms with Gasteiger partial charge in [0.25, 0.3) is 0 Å². The van der Waals surface area contributed by atoms with E-state index in [9.17, 15) is 4.39 Å². The summed E-state index contributed by atoms with van der Waals surface area (Å²) in [6.07, 6.45) is 2.07. The second-order valence-electron chi connectivity index (χ2n) is 3.63. The number of halogens is 1. The molecule has 15 heavy (non-hydrogen) atoms. The van der Waals surface area contributed by atoms with E-state index in [0.717, 1.165) is 29.8 Å². The molecule has 0 amide bonds. The molecule has 1 aromatic heterocycles. The Labute approximate surface area is 86.4 Å². The Hall–Kier alpha value is -1.61. The Morgan fingerprint density at radius 3 is 3.00 bits per heavy atom. The Bertz CT molecular complexity index is 542. The molecule has 1 aliphatic heterocycles. The monoisotopic (exact) mass is 203 g/mol. The van der Waals surface area contributed by atoms with Gasteiger partial charge in [0.15, 0.2) is 11.4 Å². The van der Waals surface area contributed by atoms with Gasteiger partial charge in [0, 0.05) is 24.0 Å². The summed E-state index contributed by atoms with van der Waals surface area (Å²) in [7, 11) is 0. The molecule has 3 heteroatoms. The maximum atomic E-state index is 13.4. The molecule has 0 spiro atoms. The zero-order valence-electron chi connectivity index (χ0n) is 8.09. The highest BCUT2D eigenvalue weighted by Gasteiger charge is 2.13. The van der Waals surface area contributed by atoms with Crippen LogP contribution in [0.3, 0.4) is 0 Å². The molecule has 0 aliphatic carbocycles. The molecule has 0 saturated carbocycles. The van der Waals surface area contributed by atoms with Gasteiger partial charge in [-0.1, -0.05) is 18.2 Å². The van der Waals surface area contributed by atoms with Crippen molar-refractivity contribution in [2.24, 2.45) is 0 Å². The summed E-state index contributed by atoms with van der Waals surface area (Å²) in [5.74, 6) is 0.463. The molecule has 0 saturated heterocycles. The summed E-state index contributed by atoms with van der Waals surface area (Å²) >= 11 is 0. The lowest BCUT2D eigenvalue weighted by Crippen LogP contribution is -2.07. The van der Waals surface area contributed by atoms with Crippen molar-refractivity contribution in [3.63, 3.8) is 0 Å². The van der Waals surface area contributed by atoms with Crippen LogP contribution in [0.2, 0.25) is 0 Å². The van der Waals surface area contributed by atoms with Crippen LogP contribution in [0.15, 0.2) is 34.8 Å². The van der Waals surface area contributed by atoms with Gasteiger partial charge in [-0.3, -0.25) is 0 Å². The molecule has 0 bridgehead atoms. The van der Waals surface area contributed by atoms with Crippen molar-refractivity contribution < 1.29 is 8.81 Å². The molecular formula is C12H10FNO. The highest BCUT2D eigenvalue weighted by atomic mass is 19.1. The molecule has 1 aromatic carbocycles. The minimum Gasteiger partial charge on any atom is -0.453 e. The fourth-order valence-electron chi connectivity index (χ4n) is 1.85. The lowest BCUT2D eigenvalue weighted by Gasteiger charge is -1.94. The van der Waals surface area contributed by atoms with E-state index >= 15 is 0 Å². The molecule has 1 aliphatic rings. The van der Waals surface area contributed by atoms with Crippen molar-refractivity contribution in [2.45, 2.75) is 0 Å². The van der Waals surface area contributed by atoms with Crippen LogP contribution in [0.4, 0.5) is 4.39 Å². The first-order valence-corrected chi connectivity index (χ1v) is 4.93. The molecule has 0 atom stereocenters. The van der Waals surface area contributed by atoms with Gasteiger partial charge in [0.05, 0.1) is 0 Å². The summed E-state index contributed by atoms with van der Waals surface area (Å²) in [6, 6.07) is 6.85. The smallest absolute Gasteiger partial charge is 0.170 e. The third-order valence-electron chi connectivity index (χ3n) is 2.62. The van der Waals surface area contributed by atoms with E-state index in [1.165, 1.54) is 6.07 Å². The van der Waals surface area contributed by atoms with Crippen LogP contribution in [-0.2, 0) is 0 Å². The number of nitrogens with one attached hydrogen (secondary N) is 1. The van der Waals surface area contributed by atoms with Crippen molar-refractivity contribution in [2.75, 3.05) is 13.1 Å². The predicted octanol–water partition coefficient (Wildman–Crippen LogP) is 2.56. The second kappa shape index (κ2) is 3.21. The van der Waals surface area contributed by atoms with Crippen molar-refractivity contribution in [3.05, 3.63) is 41.9 Å². The normalized spacial score (nSPS) is 15.9. The molecule has 0 unspecified atom stereocenters. The van der Waals surface area contributed by atoms with E-state index < -0.39 is 0 Å². The fraction of sp³-hybridized carbons (Fsp3) is 0.167. The molecule has 3 rings (SSSR count). The lowest BCUT2D eigenvalue weighted by atomic mass is 10.2. The summed E-state index contributed by atoms with van der Waals surface area (Å²) < 4.78 is 18.9. The first kappa shape index (κ1) is 8.68. The Morgan fingerprint density at radius 1 is 1.33 bits per heavy atom. The predicted molar refractivity (Wildman–Crippen MR) is 57.0 cm³/mol. The lowest BCUT2D eigenvalue weighted by molar-refractivity contribution is 0.550. The van der Waals surface area contributed by atoms with E-state index in [1.54, 1.807) is 6.07 Å². The van der Waals surface area contributed by atoms with Crippen molar-refractivity contribution in [1.29, 1.82) is 0 Å². The van der Waals surface area contributed by atoms with E-state index in [4.69, 9.17) is 4.42 Å². The molecule has 2 heterocycles. The number of hydrogen-bond acceptors (Lipinski definition) is 2. The molecule has 0 fully saturated rings. The van der Waals surface area contributed by atoms with E-state index in [-0.39, 0.29) is 5.82 Å². The summed E-state index contributed by atoms with van der Waals surface area (Å²) in [4.78, 5) is 0. The molecule has 1 N–H and O–H groups in total. The summed E-state index contributed by atoms with van der Waals surface area (Å²) in [5.41, 5.74) is 1.45. The van der Waals surface area contributed by atoms with Crippen LogP contribution in [-0.4, -0.2) is 13.1 Å². The van der Waals surface area contributed by atoms with Crippen LogP contribution in [0.25, 0.3) is 16.5 Å². The molecule has 2 nitrogen and oxygen atoms in total. The van der Waals surface area contributed by atoms with Crippen LogP contribution in [0.1, 0.15) is 5.76 Å². The summed E-state index contributed by atoms with van der Waals surface area (Å²) in [5, 5.41) is 4.00. The van der Waals surface area contributed by atoms with Crippen LogP contribution >= 0.6 is 0 Å². The zero-order chi connectivity index (χ0) is 10.3. The number of furan rings is 1. The second-order valence-corrected chi connectivity index (χ2v) is 3.63. The number of benzene rings is 1. The largest absolute Gasteiger partial charge is 0.453 e. The standard InChI is InChI=1S/C12H10FNO/c13-10-3-1-2-8-6-11(15-12(8)10)9-4-5-14-7-9/h1-4,6,14H,5,7H2. The van der Waals surface area contributed by atoms with Gasteiger partial charge in [0.1, 0.15) is 5.76 Å². The third kappa shape index (κ3) is 1.36. The van der Waals surface area contributed by atoms with Gasteiger partial charge in [-0.05, 0) is 12.1 Å². The maximum Gasteiger partial charge on any atom is 0.170 e. The SMILES string of the molecule is Fc1cccc2cc(C3=CCNC3)oc12. The Kier molecular flexibility index (Phi) is 1.86. The fourth-order valence-corrected chi connectivity index (χ4v) is 1.85. The molecule has 0 radical (unpaired) electrons. The first-order chi connectivity index (χ1) is 7.34. The van der Waals surface area contributed by atoms with Gasteiger partial charge in [-0.15, -0.1) is 0 Å². The number of rotatable bonds is 1. The van der Waals surface area contributed by atoms with Crippen LogP contribution in [0.5, 0.6) is 0 Å². The van der Waals surface area contributed by atoms with E-state index in [0.29, 0.717) is 5.58 Å². The van der Waals surface area contributed by atoms with Gasteiger partial charge < -0.3 is 9.73 Å². The highest BCUT2D eigenvalue weighted by molar-refractivity contribution is 5.83. The number of fused-ring (bicyclic) bond motifs is 1. The van der Waals surface area contributed by atoms with Crippen molar-refractivity contribution in [3.8, 4) is 0 Å². The highest BCUT2D eigenvalue weighted by Crippen LogP contribution is 2.27. The maximum absolute atomic E-state index is 13.4. The van der Waals surface area contributed by atoms with Crippen molar-refractivity contribution in [1.82, 2.24) is 5.32 Å². The third-order valence-corrected chi connectivity index (χ3v) is 2.62. The number of para-hydroxylation sites is 1. The Morgan fingerprint density at radius 2 is 2.27 bits per heavy atom. The van der Waals surface area contributed by atoms with Gasteiger partial charge in [-0.2, -0.15) is 0 Å². The van der Waals surface area contributed by atoms with Gasteiger partial charge in [0.2, 0.25) is 0 Å². The molecular weight excluding hydrogens is 193 g/mol. The summed E-state index contributed by atoms with van der Waals surface area (Å²) in [6.45, 7) is 1.65.